The average Bonchev–Trinajstić information content (AvgIpc) is 3.30. The quantitative estimate of drug-likeness (QED) is 0.295. The largest absolute Gasteiger partial charge is 0.358 e. The molecule has 0 bridgehead atoms. The van der Waals surface area contributed by atoms with Gasteiger partial charge < -0.3 is 10.1 Å². The second-order valence-electron chi connectivity index (χ2n) is 7.61. The zero-order valence-corrected chi connectivity index (χ0v) is 18.6. The third kappa shape index (κ3) is 5.42. The van der Waals surface area contributed by atoms with Gasteiger partial charge in [0, 0.05) is 19.4 Å². The first-order valence-electron chi connectivity index (χ1n) is 10.3. The van der Waals surface area contributed by atoms with Crippen LogP contribution in [0.25, 0.3) is 0 Å². The van der Waals surface area contributed by atoms with Gasteiger partial charge in [0.1, 0.15) is 18.1 Å². The number of hydrogen-bond acceptors (Lipinski definition) is 8. The van der Waals surface area contributed by atoms with Gasteiger partial charge in [-0.15, -0.1) is 11.3 Å². The van der Waals surface area contributed by atoms with Gasteiger partial charge in [0.15, 0.2) is 0 Å². The normalized spacial score (nSPS) is 19.3. The van der Waals surface area contributed by atoms with Crippen molar-refractivity contribution in [2.45, 2.75) is 44.7 Å². The maximum absolute atomic E-state index is 13.2. The molecule has 1 aromatic rings. The van der Waals surface area contributed by atoms with Crippen molar-refractivity contribution in [2.24, 2.45) is 0 Å². The molecule has 0 spiro atoms. The number of hydrazine groups is 2. The predicted molar refractivity (Wildman–Crippen MR) is 113 cm³/mol. The Kier molecular flexibility index (Phi) is 7.53. The summed E-state index contributed by atoms with van der Waals surface area (Å²) in [6, 6.07) is 0.00575. The number of Topliss-reactive ketones (excluding diaryl/α,β-unsaturated/α-hetero) is 2. The molecule has 2 saturated heterocycles. The molecule has 2 fully saturated rings. The molecule has 2 aliphatic heterocycles. The lowest BCUT2D eigenvalue weighted by atomic mass is 10.1. The lowest BCUT2D eigenvalue weighted by Gasteiger charge is -2.42. The minimum Gasteiger partial charge on any atom is -0.344 e. The Morgan fingerprint density at radius 3 is 2.64 bits per heavy atom. The van der Waals surface area contributed by atoms with Crippen molar-refractivity contribution in [2.75, 3.05) is 13.1 Å². The summed E-state index contributed by atoms with van der Waals surface area (Å²) in [7, 11) is 0. The highest BCUT2D eigenvalue weighted by Crippen LogP contribution is 2.24. The van der Waals surface area contributed by atoms with Crippen LogP contribution in [0, 0.1) is 0 Å². The monoisotopic (exact) mass is 477 g/mol. The van der Waals surface area contributed by atoms with Crippen LogP contribution in [-0.4, -0.2) is 81.8 Å². The Bertz CT molecular complexity index is 979. The number of ketones is 2. The fourth-order valence-corrected chi connectivity index (χ4v) is 4.29. The van der Waals surface area contributed by atoms with Crippen molar-refractivity contribution >= 4 is 52.9 Å². The minimum absolute atomic E-state index is 0.134. The van der Waals surface area contributed by atoms with Gasteiger partial charge in [0.05, 0.1) is 17.5 Å². The van der Waals surface area contributed by atoms with Crippen molar-refractivity contribution in [3.63, 3.8) is 0 Å². The fraction of sp³-hybridized carbons (Fsp3) is 0.450. The van der Waals surface area contributed by atoms with Crippen LogP contribution < -0.4 is 10.7 Å². The van der Waals surface area contributed by atoms with Gasteiger partial charge >= 0.3 is 11.9 Å². The van der Waals surface area contributed by atoms with Crippen LogP contribution in [0.3, 0.4) is 0 Å². The number of aldehydes is 1. The predicted octanol–water partition coefficient (Wildman–Crippen LogP) is -0.341. The number of urea groups is 1. The zero-order valence-electron chi connectivity index (χ0n) is 17.8. The second-order valence-corrected chi connectivity index (χ2v) is 8.56. The summed E-state index contributed by atoms with van der Waals surface area (Å²) in [4.78, 5) is 86.2. The number of amides is 5. The number of nitrogens with zero attached hydrogens (tertiary/aromatic N) is 3. The summed E-state index contributed by atoms with van der Waals surface area (Å²) < 4.78 is 0. The third-order valence-electron chi connectivity index (χ3n) is 5.16. The number of carbonyl (C=O) groups excluding carboxylic acids is 7. The molecule has 176 valence electrons. The van der Waals surface area contributed by atoms with E-state index in [1.165, 1.54) is 13.0 Å². The van der Waals surface area contributed by atoms with Crippen LogP contribution in [0.5, 0.6) is 0 Å². The molecular formula is C20H23N5O7S. The van der Waals surface area contributed by atoms with Crippen molar-refractivity contribution in [3.05, 3.63) is 22.4 Å². The number of nitrogens with one attached hydrogen (secondary N) is 2. The molecular weight excluding hydrogens is 454 g/mol. The van der Waals surface area contributed by atoms with Crippen LogP contribution >= 0.6 is 11.3 Å². The molecule has 0 aliphatic carbocycles. The second kappa shape index (κ2) is 10.3. The van der Waals surface area contributed by atoms with E-state index in [0.29, 0.717) is 12.7 Å². The highest BCUT2D eigenvalue weighted by Gasteiger charge is 2.44. The standard InChI is InChI=1S/C20H23N5O7S/c1-12(27)10-13(11-26)21-18(30)14-4-2-7-24-16(28)6-8-23(20(32)25(14)24)22-19(31)17(29)15-5-3-9-33-15/h3,5,9,11,13-14H,2,4,6-8,10H2,1H3,(H,21,30)(H,22,31)/t13-,14-/m0/s1. The first kappa shape index (κ1) is 24.0. The zero-order chi connectivity index (χ0) is 24.1. The fourth-order valence-electron chi connectivity index (χ4n) is 3.63. The number of hydrogen-bond donors (Lipinski definition) is 2. The van der Waals surface area contributed by atoms with Crippen molar-refractivity contribution in [3.8, 4) is 0 Å². The van der Waals surface area contributed by atoms with Crippen LogP contribution in [0.15, 0.2) is 17.5 Å². The number of fused-ring (bicyclic) bond motifs is 1. The maximum Gasteiger partial charge on any atom is 0.358 e. The Morgan fingerprint density at radius 2 is 2.00 bits per heavy atom. The van der Waals surface area contributed by atoms with Gasteiger partial charge in [-0.3, -0.25) is 29.4 Å². The van der Waals surface area contributed by atoms with Gasteiger partial charge in [-0.25, -0.2) is 19.8 Å². The molecule has 13 heteroatoms. The van der Waals surface area contributed by atoms with Crippen molar-refractivity contribution < 1.29 is 33.6 Å². The van der Waals surface area contributed by atoms with E-state index < -0.39 is 41.6 Å². The highest BCUT2D eigenvalue weighted by molar-refractivity contribution is 7.13. The first-order chi connectivity index (χ1) is 15.7. The Labute approximate surface area is 192 Å². The summed E-state index contributed by atoms with van der Waals surface area (Å²) in [5, 5.41) is 6.98. The first-order valence-corrected chi connectivity index (χ1v) is 11.2. The highest BCUT2D eigenvalue weighted by atomic mass is 32.1. The molecule has 2 atom stereocenters. The van der Waals surface area contributed by atoms with E-state index >= 15 is 0 Å². The molecule has 33 heavy (non-hydrogen) atoms. The Morgan fingerprint density at radius 1 is 1.24 bits per heavy atom. The lowest BCUT2D eigenvalue weighted by molar-refractivity contribution is -0.155. The van der Waals surface area contributed by atoms with Gasteiger partial charge in [0.2, 0.25) is 11.8 Å². The number of carbonyl (C=O) groups is 7. The molecule has 2 aliphatic rings. The molecule has 0 saturated carbocycles. The smallest absolute Gasteiger partial charge is 0.344 e. The Hall–Kier alpha value is -3.61. The van der Waals surface area contributed by atoms with Crippen LogP contribution in [0.2, 0.25) is 0 Å². The van der Waals surface area contributed by atoms with Crippen LogP contribution in [0.4, 0.5) is 4.79 Å². The third-order valence-corrected chi connectivity index (χ3v) is 6.03. The minimum atomic E-state index is -1.14. The van der Waals surface area contributed by atoms with Gasteiger partial charge in [-0.05, 0) is 31.2 Å². The van der Waals surface area contributed by atoms with Gasteiger partial charge in [0.25, 0.3) is 5.78 Å². The summed E-state index contributed by atoms with van der Waals surface area (Å²) in [5.41, 5.74) is 2.24. The van der Waals surface area contributed by atoms with E-state index in [2.05, 4.69) is 10.7 Å². The lowest BCUT2D eigenvalue weighted by Crippen LogP contribution is -2.65. The van der Waals surface area contributed by atoms with Crippen LogP contribution in [0.1, 0.15) is 42.3 Å². The molecule has 3 heterocycles. The van der Waals surface area contributed by atoms with E-state index in [1.807, 2.05) is 0 Å². The van der Waals surface area contributed by atoms with Crippen molar-refractivity contribution in [1.82, 2.24) is 25.8 Å². The van der Waals surface area contributed by atoms with E-state index in [1.54, 1.807) is 11.4 Å². The van der Waals surface area contributed by atoms with E-state index in [0.717, 1.165) is 26.4 Å². The van der Waals surface area contributed by atoms with Gasteiger partial charge in [-0.1, -0.05) is 6.07 Å². The molecule has 12 nitrogen and oxygen atoms in total. The molecule has 2 N–H and O–H groups in total. The summed E-state index contributed by atoms with van der Waals surface area (Å²) in [5.74, 6) is -3.33. The maximum atomic E-state index is 13.2. The van der Waals surface area contributed by atoms with E-state index in [9.17, 15) is 33.6 Å². The molecule has 0 radical (unpaired) electrons. The summed E-state index contributed by atoms with van der Waals surface area (Å²) >= 11 is 1.07. The van der Waals surface area contributed by atoms with Crippen molar-refractivity contribution in [1.29, 1.82) is 0 Å². The molecule has 3 rings (SSSR count). The number of rotatable bonds is 8. The summed E-state index contributed by atoms with van der Waals surface area (Å²) in [6.07, 6.45) is 0.715. The summed E-state index contributed by atoms with van der Waals surface area (Å²) in [6.45, 7) is 1.28. The molecule has 0 aromatic carbocycles. The molecule has 0 unspecified atom stereocenters. The topological polar surface area (TPSA) is 153 Å². The van der Waals surface area contributed by atoms with Gasteiger partial charge in [-0.2, -0.15) is 0 Å². The van der Waals surface area contributed by atoms with Crippen LogP contribution in [-0.2, 0) is 24.0 Å². The number of thiophene rings is 1. The molecule has 1 aromatic heterocycles. The SMILES string of the molecule is CC(=O)C[C@@H](C=O)NC(=O)[C@@H]1CCCN2C(=O)CCN(NC(=O)C(=O)c3cccs3)C(=O)N12. The average molecular weight is 477 g/mol. The van der Waals surface area contributed by atoms with E-state index in [4.69, 9.17) is 0 Å². The Balaban J connectivity index is 1.79. The molecule has 5 amide bonds. The van der Waals surface area contributed by atoms with E-state index in [-0.39, 0.29) is 43.0 Å².